The van der Waals surface area contributed by atoms with Gasteiger partial charge in [0.25, 0.3) is 5.91 Å². The number of hydrogen-bond acceptors (Lipinski definition) is 3. The van der Waals surface area contributed by atoms with E-state index in [4.69, 9.17) is 4.74 Å². The minimum atomic E-state index is 0.126. The summed E-state index contributed by atoms with van der Waals surface area (Å²) in [7, 11) is 0. The zero-order chi connectivity index (χ0) is 13.3. The predicted molar refractivity (Wildman–Crippen MR) is 74.3 cm³/mol. The van der Waals surface area contributed by atoms with Gasteiger partial charge < -0.3 is 9.64 Å². The lowest BCUT2D eigenvalue weighted by atomic mass is 10.1. The van der Waals surface area contributed by atoms with Crippen LogP contribution in [0.1, 0.15) is 48.8 Å². The average Bonchev–Trinajstić information content (AvgIpc) is 2.75. The van der Waals surface area contributed by atoms with Crippen LogP contribution >= 0.6 is 11.3 Å². The molecule has 1 aromatic rings. The van der Waals surface area contributed by atoms with Crippen molar-refractivity contribution in [3.63, 3.8) is 0 Å². The molecule has 0 radical (unpaired) electrons. The summed E-state index contributed by atoms with van der Waals surface area (Å²) >= 11 is 1.67. The average molecular weight is 267 g/mol. The molecule has 0 bridgehead atoms. The Kier molecular flexibility index (Phi) is 4.07. The minimum absolute atomic E-state index is 0.126. The maximum atomic E-state index is 12.4. The first kappa shape index (κ1) is 13.6. The van der Waals surface area contributed by atoms with Crippen LogP contribution in [0.2, 0.25) is 0 Å². The molecule has 1 saturated heterocycles. The molecule has 1 aliphatic heterocycles. The largest absolute Gasteiger partial charge is 0.372 e. The highest BCUT2D eigenvalue weighted by molar-refractivity contribution is 7.10. The van der Waals surface area contributed by atoms with Crippen molar-refractivity contribution in [1.82, 2.24) is 4.90 Å². The van der Waals surface area contributed by atoms with Crippen molar-refractivity contribution in [3.05, 3.63) is 21.9 Å². The van der Waals surface area contributed by atoms with E-state index in [9.17, 15) is 4.79 Å². The molecule has 0 aliphatic carbocycles. The molecule has 2 rings (SSSR count). The Labute approximate surface area is 113 Å². The molecule has 1 aromatic heterocycles. The molecule has 1 fully saturated rings. The van der Waals surface area contributed by atoms with Crippen LogP contribution < -0.4 is 0 Å². The van der Waals surface area contributed by atoms with Crippen molar-refractivity contribution in [2.45, 2.75) is 45.8 Å². The number of nitrogens with zero attached hydrogens (tertiary/aromatic N) is 1. The fraction of sp³-hybridized carbons (Fsp3) is 0.643. The highest BCUT2D eigenvalue weighted by Crippen LogP contribution is 2.24. The number of rotatable bonds is 2. The Bertz CT molecular complexity index is 417. The summed E-state index contributed by atoms with van der Waals surface area (Å²) in [5.41, 5.74) is 0.824. The molecule has 1 amide bonds. The van der Waals surface area contributed by atoms with Crippen LogP contribution in [0.4, 0.5) is 0 Å². The van der Waals surface area contributed by atoms with Gasteiger partial charge in [-0.25, -0.2) is 0 Å². The van der Waals surface area contributed by atoms with E-state index in [2.05, 4.69) is 13.8 Å². The number of ether oxygens (including phenoxy) is 1. The fourth-order valence-electron chi connectivity index (χ4n) is 2.29. The quantitative estimate of drug-likeness (QED) is 0.824. The highest BCUT2D eigenvalue weighted by atomic mass is 32.1. The highest BCUT2D eigenvalue weighted by Gasteiger charge is 2.27. The van der Waals surface area contributed by atoms with Crippen LogP contribution in [-0.4, -0.2) is 36.1 Å². The molecule has 0 saturated carbocycles. The second-order valence-electron chi connectivity index (χ2n) is 5.36. The third kappa shape index (κ3) is 2.93. The smallest absolute Gasteiger partial charge is 0.254 e. The van der Waals surface area contributed by atoms with Gasteiger partial charge in [-0.15, -0.1) is 11.3 Å². The summed E-state index contributed by atoms with van der Waals surface area (Å²) < 4.78 is 5.65. The topological polar surface area (TPSA) is 29.5 Å². The van der Waals surface area contributed by atoms with Gasteiger partial charge in [-0.2, -0.15) is 0 Å². The van der Waals surface area contributed by atoms with Crippen LogP contribution in [0, 0.1) is 0 Å². The van der Waals surface area contributed by atoms with Gasteiger partial charge in [-0.1, -0.05) is 13.8 Å². The first-order chi connectivity index (χ1) is 8.47. The number of hydrogen-bond donors (Lipinski definition) is 0. The molecular formula is C14H21NO2S. The third-order valence-electron chi connectivity index (χ3n) is 3.14. The first-order valence-electron chi connectivity index (χ1n) is 6.50. The first-order valence-corrected chi connectivity index (χ1v) is 7.38. The molecule has 3 nitrogen and oxygen atoms in total. The summed E-state index contributed by atoms with van der Waals surface area (Å²) in [5, 5.41) is 1.97. The van der Waals surface area contributed by atoms with E-state index in [0.717, 1.165) is 5.56 Å². The monoisotopic (exact) mass is 267 g/mol. The number of carbonyl (C=O) groups excluding carboxylic acids is 1. The van der Waals surface area contributed by atoms with Gasteiger partial charge in [-0.3, -0.25) is 4.79 Å². The molecule has 4 heteroatoms. The standard InChI is InChI=1S/C14H21NO2S/c1-9(2)13-5-12(8-18-13)14(16)15-6-10(3)17-11(4)7-15/h5,8-11H,6-7H2,1-4H3/t10-,11-/m1/s1. The number of morpholine rings is 1. The lowest BCUT2D eigenvalue weighted by molar-refractivity contribution is -0.0586. The molecule has 18 heavy (non-hydrogen) atoms. The summed E-state index contributed by atoms with van der Waals surface area (Å²) in [5.74, 6) is 0.624. The van der Waals surface area contributed by atoms with Gasteiger partial charge >= 0.3 is 0 Å². The van der Waals surface area contributed by atoms with E-state index in [1.165, 1.54) is 4.88 Å². The summed E-state index contributed by atoms with van der Waals surface area (Å²) in [6.07, 6.45) is 0.252. The molecule has 1 aliphatic rings. The predicted octanol–water partition coefficient (Wildman–Crippen LogP) is 3.12. The summed E-state index contributed by atoms with van der Waals surface area (Å²) in [6.45, 7) is 9.72. The zero-order valence-corrected chi connectivity index (χ0v) is 12.3. The van der Waals surface area contributed by atoms with Crippen molar-refractivity contribution < 1.29 is 9.53 Å². The second kappa shape index (κ2) is 5.41. The molecule has 0 N–H and O–H groups in total. The van der Waals surface area contributed by atoms with Crippen molar-refractivity contribution >= 4 is 17.2 Å². The fourth-order valence-corrected chi connectivity index (χ4v) is 3.19. The van der Waals surface area contributed by atoms with E-state index >= 15 is 0 Å². The van der Waals surface area contributed by atoms with Gasteiger partial charge in [0.1, 0.15) is 0 Å². The van der Waals surface area contributed by atoms with Gasteiger partial charge in [0, 0.05) is 23.3 Å². The van der Waals surface area contributed by atoms with Crippen LogP contribution in [-0.2, 0) is 4.74 Å². The van der Waals surface area contributed by atoms with Gasteiger partial charge in [0.05, 0.1) is 17.8 Å². The van der Waals surface area contributed by atoms with E-state index in [-0.39, 0.29) is 18.1 Å². The van der Waals surface area contributed by atoms with E-state index in [1.807, 2.05) is 30.2 Å². The number of amides is 1. The second-order valence-corrected chi connectivity index (χ2v) is 6.30. The zero-order valence-electron chi connectivity index (χ0n) is 11.5. The molecular weight excluding hydrogens is 246 g/mol. The molecule has 0 spiro atoms. The Morgan fingerprint density at radius 3 is 2.50 bits per heavy atom. The van der Waals surface area contributed by atoms with Crippen molar-refractivity contribution in [1.29, 1.82) is 0 Å². The van der Waals surface area contributed by atoms with E-state index < -0.39 is 0 Å². The molecule has 0 unspecified atom stereocenters. The van der Waals surface area contributed by atoms with Gasteiger partial charge in [-0.05, 0) is 25.8 Å². The molecule has 100 valence electrons. The van der Waals surface area contributed by atoms with Crippen molar-refractivity contribution in [3.8, 4) is 0 Å². The Balaban J connectivity index is 2.10. The van der Waals surface area contributed by atoms with Crippen molar-refractivity contribution in [2.75, 3.05) is 13.1 Å². The summed E-state index contributed by atoms with van der Waals surface area (Å²) in [6, 6.07) is 2.03. The lowest BCUT2D eigenvalue weighted by Crippen LogP contribution is -2.48. The lowest BCUT2D eigenvalue weighted by Gasteiger charge is -2.35. The maximum Gasteiger partial charge on any atom is 0.254 e. The van der Waals surface area contributed by atoms with Gasteiger partial charge in [0.2, 0.25) is 0 Å². The van der Waals surface area contributed by atoms with E-state index in [0.29, 0.717) is 19.0 Å². The number of thiophene rings is 1. The maximum absolute atomic E-state index is 12.4. The molecule has 2 heterocycles. The molecule has 0 aromatic carbocycles. The Hall–Kier alpha value is -0.870. The van der Waals surface area contributed by atoms with Crippen LogP contribution in [0.3, 0.4) is 0 Å². The summed E-state index contributed by atoms with van der Waals surface area (Å²) in [4.78, 5) is 15.6. The van der Waals surface area contributed by atoms with Crippen LogP contribution in [0.25, 0.3) is 0 Å². The van der Waals surface area contributed by atoms with Crippen molar-refractivity contribution in [2.24, 2.45) is 0 Å². The van der Waals surface area contributed by atoms with Crippen LogP contribution in [0.5, 0.6) is 0 Å². The SMILES string of the molecule is CC(C)c1cc(C(=O)N2C[C@@H](C)O[C@H](C)C2)cs1. The Morgan fingerprint density at radius 2 is 2.00 bits per heavy atom. The van der Waals surface area contributed by atoms with E-state index in [1.54, 1.807) is 11.3 Å². The molecule has 2 atom stereocenters. The van der Waals surface area contributed by atoms with Gasteiger partial charge in [0.15, 0.2) is 0 Å². The Morgan fingerprint density at radius 1 is 1.39 bits per heavy atom. The normalized spacial score (nSPS) is 24.6. The minimum Gasteiger partial charge on any atom is -0.372 e. The third-order valence-corrected chi connectivity index (χ3v) is 4.38. The number of carbonyl (C=O) groups is 1. The van der Waals surface area contributed by atoms with Crippen LogP contribution in [0.15, 0.2) is 11.4 Å².